The Kier molecular flexibility index (Phi) is 5.24. The Balaban J connectivity index is 1.50. The predicted octanol–water partition coefficient (Wildman–Crippen LogP) is 2.74. The zero-order chi connectivity index (χ0) is 16.6. The number of furan rings is 1. The van der Waals surface area contributed by atoms with Gasteiger partial charge in [-0.15, -0.1) is 5.10 Å². The summed E-state index contributed by atoms with van der Waals surface area (Å²) in [6, 6.07) is 11.7. The molecule has 1 aromatic carbocycles. The minimum atomic E-state index is 0.456. The first-order valence-electron chi connectivity index (χ1n) is 7.66. The summed E-state index contributed by atoms with van der Waals surface area (Å²) in [7, 11) is 1.67. The van der Waals surface area contributed by atoms with Crippen molar-refractivity contribution in [3.05, 3.63) is 60.2 Å². The van der Waals surface area contributed by atoms with E-state index in [2.05, 4.69) is 31.9 Å². The molecule has 2 N–H and O–H groups in total. The molecule has 0 atom stereocenters. The summed E-state index contributed by atoms with van der Waals surface area (Å²) >= 11 is 0. The summed E-state index contributed by atoms with van der Waals surface area (Å²) in [5, 5.41) is 14.2. The molecule has 2 aromatic heterocycles. The topological polar surface area (TPSA) is 85.1 Å². The van der Waals surface area contributed by atoms with Gasteiger partial charge >= 0.3 is 0 Å². The van der Waals surface area contributed by atoms with Crippen molar-refractivity contribution in [1.82, 2.24) is 15.2 Å². The highest BCUT2D eigenvalue weighted by molar-refractivity contribution is 5.37. The number of methoxy groups -OCH3 is 1. The lowest BCUT2D eigenvalue weighted by Crippen LogP contribution is -2.10. The third-order valence-corrected chi connectivity index (χ3v) is 3.41. The van der Waals surface area contributed by atoms with Gasteiger partial charge in [-0.1, -0.05) is 12.1 Å². The van der Waals surface area contributed by atoms with Crippen molar-refractivity contribution in [3.63, 3.8) is 0 Å². The average molecular weight is 325 g/mol. The van der Waals surface area contributed by atoms with Crippen LogP contribution in [0.4, 0.5) is 11.8 Å². The van der Waals surface area contributed by atoms with Crippen molar-refractivity contribution in [2.24, 2.45) is 0 Å². The molecule has 0 bridgehead atoms. The highest BCUT2D eigenvalue weighted by Crippen LogP contribution is 2.13. The Labute approximate surface area is 140 Å². The quantitative estimate of drug-likeness (QED) is 0.658. The fourth-order valence-corrected chi connectivity index (χ4v) is 2.21. The molecule has 3 aromatic rings. The molecule has 0 unspecified atom stereocenters. The van der Waals surface area contributed by atoms with Crippen LogP contribution in [0.25, 0.3) is 0 Å². The van der Waals surface area contributed by atoms with Crippen LogP contribution < -0.4 is 15.4 Å². The van der Waals surface area contributed by atoms with E-state index in [0.29, 0.717) is 18.3 Å². The van der Waals surface area contributed by atoms with E-state index in [1.54, 1.807) is 19.6 Å². The molecule has 0 aliphatic rings. The lowest BCUT2D eigenvalue weighted by atomic mass is 10.1. The fraction of sp³-hybridized carbons (Fsp3) is 0.235. The second kappa shape index (κ2) is 7.96. The van der Waals surface area contributed by atoms with Crippen LogP contribution in [-0.4, -0.2) is 28.8 Å². The molecule has 124 valence electrons. The Morgan fingerprint density at radius 3 is 2.96 bits per heavy atom. The standard InChI is InChI=1S/C17H19N5O2/c1-23-14-5-2-4-13(10-14)7-8-18-16-12-20-22-17(21-16)19-11-15-6-3-9-24-15/h2-6,9-10,12H,7-8,11H2,1H3,(H2,18,19,21,22). The fourth-order valence-electron chi connectivity index (χ4n) is 2.21. The summed E-state index contributed by atoms with van der Waals surface area (Å²) in [6.07, 6.45) is 4.09. The van der Waals surface area contributed by atoms with E-state index in [-0.39, 0.29) is 0 Å². The average Bonchev–Trinajstić information content (AvgIpc) is 3.14. The molecule has 0 aliphatic heterocycles. The van der Waals surface area contributed by atoms with Crippen molar-refractivity contribution >= 4 is 11.8 Å². The molecule has 2 heterocycles. The van der Waals surface area contributed by atoms with Crippen molar-refractivity contribution < 1.29 is 9.15 Å². The molecule has 0 spiro atoms. The normalized spacial score (nSPS) is 10.4. The second-order valence-electron chi connectivity index (χ2n) is 5.13. The number of hydrogen-bond acceptors (Lipinski definition) is 7. The summed E-state index contributed by atoms with van der Waals surface area (Å²) < 4.78 is 10.5. The minimum absolute atomic E-state index is 0.456. The number of hydrogen-bond donors (Lipinski definition) is 2. The van der Waals surface area contributed by atoms with E-state index >= 15 is 0 Å². The van der Waals surface area contributed by atoms with Gasteiger partial charge in [-0.3, -0.25) is 0 Å². The molecular weight excluding hydrogens is 306 g/mol. The number of nitrogens with one attached hydrogen (secondary N) is 2. The summed E-state index contributed by atoms with van der Waals surface area (Å²) in [5.74, 6) is 2.81. The third-order valence-electron chi connectivity index (χ3n) is 3.41. The largest absolute Gasteiger partial charge is 0.497 e. The van der Waals surface area contributed by atoms with Crippen molar-refractivity contribution in [2.75, 3.05) is 24.3 Å². The molecule has 0 saturated heterocycles. The van der Waals surface area contributed by atoms with Crippen LogP contribution in [0.2, 0.25) is 0 Å². The molecule has 24 heavy (non-hydrogen) atoms. The van der Waals surface area contributed by atoms with E-state index < -0.39 is 0 Å². The van der Waals surface area contributed by atoms with Gasteiger partial charge in [-0.05, 0) is 36.2 Å². The van der Waals surface area contributed by atoms with Gasteiger partial charge in [-0.25, -0.2) is 0 Å². The molecule has 0 amide bonds. The van der Waals surface area contributed by atoms with E-state index in [4.69, 9.17) is 9.15 Å². The maximum Gasteiger partial charge on any atom is 0.245 e. The monoisotopic (exact) mass is 325 g/mol. The smallest absolute Gasteiger partial charge is 0.245 e. The maximum atomic E-state index is 5.25. The Morgan fingerprint density at radius 1 is 1.17 bits per heavy atom. The van der Waals surface area contributed by atoms with E-state index in [1.165, 1.54) is 5.56 Å². The highest BCUT2D eigenvalue weighted by atomic mass is 16.5. The van der Waals surface area contributed by atoms with Crippen molar-refractivity contribution in [1.29, 1.82) is 0 Å². The van der Waals surface area contributed by atoms with E-state index in [1.807, 2.05) is 30.3 Å². The van der Waals surface area contributed by atoms with Gasteiger partial charge in [0.15, 0.2) is 5.82 Å². The zero-order valence-electron chi connectivity index (χ0n) is 13.4. The molecule has 7 heteroatoms. The van der Waals surface area contributed by atoms with E-state index in [0.717, 1.165) is 24.5 Å². The van der Waals surface area contributed by atoms with Crippen LogP contribution in [0.1, 0.15) is 11.3 Å². The van der Waals surface area contributed by atoms with Crippen molar-refractivity contribution in [2.45, 2.75) is 13.0 Å². The zero-order valence-corrected chi connectivity index (χ0v) is 13.4. The molecule has 0 fully saturated rings. The molecule has 3 rings (SSSR count). The highest BCUT2D eigenvalue weighted by Gasteiger charge is 2.02. The Bertz CT molecular complexity index is 761. The maximum absolute atomic E-state index is 5.25. The van der Waals surface area contributed by atoms with Gasteiger partial charge in [0.1, 0.15) is 11.5 Å². The van der Waals surface area contributed by atoms with Crippen LogP contribution in [-0.2, 0) is 13.0 Å². The molecule has 7 nitrogen and oxygen atoms in total. The lowest BCUT2D eigenvalue weighted by Gasteiger charge is -2.08. The Hall–Kier alpha value is -3.09. The number of ether oxygens (including phenoxy) is 1. The number of nitrogens with zero attached hydrogens (tertiary/aromatic N) is 3. The molecular formula is C17H19N5O2. The van der Waals surface area contributed by atoms with E-state index in [9.17, 15) is 0 Å². The van der Waals surface area contributed by atoms with Gasteiger partial charge in [0, 0.05) is 6.54 Å². The summed E-state index contributed by atoms with van der Waals surface area (Å²) in [6.45, 7) is 1.26. The molecule has 0 aliphatic carbocycles. The van der Waals surface area contributed by atoms with Gasteiger partial charge in [0.2, 0.25) is 5.95 Å². The first kappa shape index (κ1) is 15.8. The predicted molar refractivity (Wildman–Crippen MR) is 91.0 cm³/mol. The SMILES string of the molecule is COc1cccc(CCNc2cnnc(NCc3ccco3)n2)c1. The van der Waals surface area contributed by atoms with Crippen LogP contribution in [0.3, 0.4) is 0 Å². The first-order chi connectivity index (χ1) is 11.8. The van der Waals surface area contributed by atoms with Crippen LogP contribution >= 0.6 is 0 Å². The van der Waals surface area contributed by atoms with Crippen LogP contribution in [0.5, 0.6) is 5.75 Å². The van der Waals surface area contributed by atoms with Gasteiger partial charge < -0.3 is 19.8 Å². The summed E-state index contributed by atoms with van der Waals surface area (Å²) in [5.41, 5.74) is 1.19. The number of benzene rings is 1. The first-order valence-corrected chi connectivity index (χ1v) is 7.66. The third kappa shape index (κ3) is 4.45. The number of aromatic nitrogens is 3. The number of anilines is 2. The minimum Gasteiger partial charge on any atom is -0.497 e. The number of rotatable bonds is 8. The molecule has 0 saturated carbocycles. The summed E-state index contributed by atoms with van der Waals surface area (Å²) in [4.78, 5) is 4.37. The van der Waals surface area contributed by atoms with Crippen molar-refractivity contribution in [3.8, 4) is 5.75 Å². The van der Waals surface area contributed by atoms with Gasteiger partial charge in [-0.2, -0.15) is 10.1 Å². The van der Waals surface area contributed by atoms with Gasteiger partial charge in [0.05, 0.1) is 26.1 Å². The second-order valence-corrected chi connectivity index (χ2v) is 5.13. The van der Waals surface area contributed by atoms with Crippen LogP contribution in [0, 0.1) is 0 Å². The Morgan fingerprint density at radius 2 is 2.12 bits per heavy atom. The van der Waals surface area contributed by atoms with Crippen LogP contribution in [0.15, 0.2) is 53.3 Å². The molecule has 0 radical (unpaired) electrons. The lowest BCUT2D eigenvalue weighted by molar-refractivity contribution is 0.414. The van der Waals surface area contributed by atoms with Gasteiger partial charge in [0.25, 0.3) is 0 Å².